The van der Waals surface area contributed by atoms with Crippen LogP contribution in [-0.2, 0) is 11.5 Å². The minimum atomic E-state index is -0.0377. The van der Waals surface area contributed by atoms with Crippen LogP contribution in [-0.4, -0.2) is 22.8 Å². The molecule has 0 radical (unpaired) electrons. The highest BCUT2D eigenvalue weighted by Crippen LogP contribution is 2.26. The van der Waals surface area contributed by atoms with E-state index in [2.05, 4.69) is 46.9 Å². The van der Waals surface area contributed by atoms with Crippen molar-refractivity contribution in [2.75, 3.05) is 12.4 Å². The van der Waals surface area contributed by atoms with Gasteiger partial charge in [-0.15, -0.1) is 18.3 Å². The number of hydrogen-bond acceptors (Lipinski definition) is 4. The maximum Gasteiger partial charge on any atom is 0.148 e. The molecule has 108 valence electrons. The van der Waals surface area contributed by atoms with Crippen LogP contribution in [0.2, 0.25) is 0 Å². The van der Waals surface area contributed by atoms with Crippen molar-refractivity contribution in [1.29, 1.82) is 0 Å². The van der Waals surface area contributed by atoms with Crippen LogP contribution >= 0.6 is 11.8 Å². The molecule has 2 rings (SSSR count). The molecule has 1 aliphatic heterocycles. The van der Waals surface area contributed by atoms with Crippen molar-refractivity contribution in [3.63, 3.8) is 0 Å². The highest BCUT2D eigenvalue weighted by Gasteiger charge is 2.26. The van der Waals surface area contributed by atoms with Crippen LogP contribution in [0.4, 0.5) is 4.53 Å². The summed E-state index contributed by atoms with van der Waals surface area (Å²) >= 11 is 1.71. The summed E-state index contributed by atoms with van der Waals surface area (Å²) in [5.41, 5.74) is 3.31. The van der Waals surface area contributed by atoms with Crippen LogP contribution < -0.4 is 5.32 Å². The lowest BCUT2D eigenvalue weighted by atomic mass is 10.1. The standard InChI is InChI=1S/C15H19FN2OS/c1-3-7-20-15-17-9-14(11-19-16)18(15)10-13-6-4-5-12(2)8-13/h3-6,8-9,15,17H,1,7,10-11H2,2H3. The summed E-state index contributed by atoms with van der Waals surface area (Å²) in [6.45, 7) is 6.48. The van der Waals surface area contributed by atoms with E-state index in [0.29, 0.717) is 0 Å². The van der Waals surface area contributed by atoms with Crippen molar-refractivity contribution in [2.45, 2.75) is 19.0 Å². The van der Waals surface area contributed by atoms with Crippen molar-refractivity contribution >= 4 is 11.8 Å². The molecule has 1 aromatic carbocycles. The predicted octanol–water partition coefficient (Wildman–Crippen LogP) is 3.35. The van der Waals surface area contributed by atoms with Crippen LogP contribution in [0.15, 0.2) is 48.8 Å². The average molecular weight is 294 g/mol. The number of benzene rings is 1. The lowest BCUT2D eigenvalue weighted by molar-refractivity contribution is -0.125. The van der Waals surface area contributed by atoms with E-state index in [-0.39, 0.29) is 12.1 Å². The van der Waals surface area contributed by atoms with Gasteiger partial charge in [0, 0.05) is 18.5 Å². The first-order chi connectivity index (χ1) is 9.74. The molecule has 0 aliphatic carbocycles. The molecule has 0 spiro atoms. The Morgan fingerprint density at radius 1 is 1.55 bits per heavy atom. The summed E-state index contributed by atoms with van der Waals surface area (Å²) in [7, 11) is 0. The predicted molar refractivity (Wildman–Crippen MR) is 81.4 cm³/mol. The zero-order valence-corrected chi connectivity index (χ0v) is 12.3. The highest BCUT2D eigenvalue weighted by atomic mass is 32.2. The molecule has 0 saturated carbocycles. The zero-order valence-electron chi connectivity index (χ0n) is 11.5. The highest BCUT2D eigenvalue weighted by molar-refractivity contribution is 7.99. The van der Waals surface area contributed by atoms with Gasteiger partial charge >= 0.3 is 0 Å². The third-order valence-electron chi connectivity index (χ3n) is 3.05. The van der Waals surface area contributed by atoms with Crippen molar-refractivity contribution < 1.29 is 9.47 Å². The molecule has 0 fully saturated rings. The van der Waals surface area contributed by atoms with Crippen LogP contribution in [0.3, 0.4) is 0 Å². The summed E-state index contributed by atoms with van der Waals surface area (Å²) < 4.78 is 12.2. The third-order valence-corrected chi connectivity index (χ3v) is 4.19. The Morgan fingerprint density at radius 2 is 2.40 bits per heavy atom. The van der Waals surface area contributed by atoms with Gasteiger partial charge in [0.05, 0.1) is 5.70 Å². The molecule has 1 aliphatic rings. The van der Waals surface area contributed by atoms with E-state index in [0.717, 1.165) is 18.0 Å². The van der Waals surface area contributed by atoms with Gasteiger partial charge in [0.15, 0.2) is 0 Å². The quantitative estimate of drug-likeness (QED) is 0.780. The Bertz CT molecular complexity index is 493. The van der Waals surface area contributed by atoms with Crippen LogP contribution in [0, 0.1) is 6.92 Å². The van der Waals surface area contributed by atoms with E-state index in [1.54, 1.807) is 11.8 Å². The van der Waals surface area contributed by atoms with Crippen LogP contribution in [0.25, 0.3) is 0 Å². The SMILES string of the molecule is C=CCSC1NC=C(COF)N1Cc1cccc(C)c1. The van der Waals surface area contributed by atoms with Gasteiger partial charge in [0.1, 0.15) is 12.1 Å². The van der Waals surface area contributed by atoms with E-state index in [4.69, 9.17) is 0 Å². The summed E-state index contributed by atoms with van der Waals surface area (Å²) in [6, 6.07) is 8.32. The average Bonchev–Trinajstić information content (AvgIpc) is 2.80. The second kappa shape index (κ2) is 7.36. The van der Waals surface area contributed by atoms with Gasteiger partial charge in [0.2, 0.25) is 0 Å². The number of aryl methyl sites for hydroxylation is 1. The molecule has 1 N–H and O–H groups in total. The normalized spacial score (nSPS) is 17.8. The molecule has 0 bridgehead atoms. The van der Waals surface area contributed by atoms with Crippen LogP contribution in [0.5, 0.6) is 0 Å². The lowest BCUT2D eigenvalue weighted by Crippen LogP contribution is -2.34. The number of rotatable bonds is 7. The first-order valence-electron chi connectivity index (χ1n) is 6.48. The summed E-state index contributed by atoms with van der Waals surface area (Å²) in [6.07, 6.45) is 3.68. The number of halogens is 1. The van der Waals surface area contributed by atoms with Gasteiger partial charge in [0.25, 0.3) is 0 Å². The zero-order chi connectivity index (χ0) is 14.4. The third kappa shape index (κ3) is 3.77. The van der Waals surface area contributed by atoms with Crippen molar-refractivity contribution in [3.05, 3.63) is 59.9 Å². The van der Waals surface area contributed by atoms with Gasteiger partial charge in [-0.05, 0) is 17.0 Å². The molecule has 1 aromatic rings. The molecule has 0 aromatic heterocycles. The molecule has 3 nitrogen and oxygen atoms in total. The van der Waals surface area contributed by atoms with Crippen LogP contribution in [0.1, 0.15) is 11.1 Å². The van der Waals surface area contributed by atoms with Crippen molar-refractivity contribution in [3.8, 4) is 0 Å². The number of nitrogens with one attached hydrogen (secondary N) is 1. The fourth-order valence-corrected chi connectivity index (χ4v) is 3.03. The fourth-order valence-electron chi connectivity index (χ4n) is 2.16. The minimum Gasteiger partial charge on any atom is -0.361 e. The molecule has 0 amide bonds. The molecular formula is C15H19FN2OS. The molecule has 20 heavy (non-hydrogen) atoms. The van der Waals surface area contributed by atoms with E-state index in [1.165, 1.54) is 11.1 Å². The molecule has 0 saturated heterocycles. The first-order valence-corrected chi connectivity index (χ1v) is 7.53. The van der Waals surface area contributed by atoms with E-state index < -0.39 is 0 Å². The Morgan fingerprint density at radius 3 is 3.10 bits per heavy atom. The first kappa shape index (κ1) is 14.9. The summed E-state index contributed by atoms with van der Waals surface area (Å²) in [4.78, 5) is 5.90. The van der Waals surface area contributed by atoms with Gasteiger partial charge in [-0.1, -0.05) is 35.9 Å². The Kier molecular flexibility index (Phi) is 5.49. The fraction of sp³-hybridized carbons (Fsp3) is 0.333. The second-order valence-electron chi connectivity index (χ2n) is 4.65. The van der Waals surface area contributed by atoms with Gasteiger partial charge in [-0.25, -0.2) is 0 Å². The number of hydrogen-bond donors (Lipinski definition) is 1. The largest absolute Gasteiger partial charge is 0.361 e. The molecule has 5 heteroatoms. The Hall–Kier alpha value is -1.46. The molecule has 1 atom stereocenters. The minimum absolute atomic E-state index is 0.0377. The smallest absolute Gasteiger partial charge is 0.148 e. The topological polar surface area (TPSA) is 24.5 Å². The Labute approximate surface area is 123 Å². The number of nitrogens with zero attached hydrogens (tertiary/aromatic N) is 1. The van der Waals surface area contributed by atoms with Gasteiger partial charge in [-0.3, -0.25) is 0 Å². The molecular weight excluding hydrogens is 275 g/mol. The summed E-state index contributed by atoms with van der Waals surface area (Å²) in [5.74, 6) is 0.833. The number of thioether (sulfide) groups is 1. The van der Waals surface area contributed by atoms with Gasteiger partial charge < -0.3 is 10.2 Å². The van der Waals surface area contributed by atoms with Crippen molar-refractivity contribution in [1.82, 2.24) is 10.2 Å². The maximum absolute atomic E-state index is 12.2. The summed E-state index contributed by atoms with van der Waals surface area (Å²) in [5, 5.41) is 3.24. The maximum atomic E-state index is 12.2. The molecule has 1 unspecified atom stereocenters. The second-order valence-corrected chi connectivity index (χ2v) is 5.76. The van der Waals surface area contributed by atoms with E-state index in [9.17, 15) is 4.53 Å². The van der Waals surface area contributed by atoms with Crippen molar-refractivity contribution in [2.24, 2.45) is 0 Å². The van der Waals surface area contributed by atoms with Gasteiger partial charge in [-0.2, -0.15) is 4.94 Å². The van der Waals surface area contributed by atoms with E-state index >= 15 is 0 Å². The monoisotopic (exact) mass is 294 g/mol. The Balaban J connectivity index is 2.09. The molecule has 1 heterocycles. The lowest BCUT2D eigenvalue weighted by Gasteiger charge is -2.28. The van der Waals surface area contributed by atoms with E-state index in [1.807, 2.05) is 18.3 Å².